The molecule has 18 heavy (non-hydrogen) atoms. The molecule has 0 aliphatic carbocycles. The average Bonchev–Trinajstić information content (AvgIpc) is 2.81. The van der Waals surface area contributed by atoms with Crippen LogP contribution >= 0.6 is 11.3 Å². The number of aryl methyl sites for hydroxylation is 1. The van der Waals surface area contributed by atoms with E-state index < -0.39 is 0 Å². The van der Waals surface area contributed by atoms with Crippen molar-refractivity contribution in [3.8, 4) is 0 Å². The maximum Gasteiger partial charge on any atom is 0.0809 e. The van der Waals surface area contributed by atoms with E-state index in [1.807, 2.05) is 24.3 Å². The van der Waals surface area contributed by atoms with Crippen molar-refractivity contribution < 1.29 is 4.74 Å². The molecule has 2 aromatic heterocycles. The molecule has 0 amide bonds. The van der Waals surface area contributed by atoms with E-state index >= 15 is 0 Å². The van der Waals surface area contributed by atoms with Crippen LogP contribution in [0.3, 0.4) is 0 Å². The van der Waals surface area contributed by atoms with E-state index in [2.05, 4.69) is 36.2 Å². The normalized spacial score (nSPS) is 11.4. The van der Waals surface area contributed by atoms with Gasteiger partial charge in [-0.25, -0.2) is 0 Å². The molecule has 2 nitrogen and oxygen atoms in total. The summed E-state index contributed by atoms with van der Waals surface area (Å²) < 4.78 is 6.82. The molecule has 1 aromatic carbocycles. The largest absolute Gasteiger partial charge is 0.376 e. The fourth-order valence-corrected chi connectivity index (χ4v) is 3.37. The number of pyridine rings is 1. The van der Waals surface area contributed by atoms with Gasteiger partial charge in [-0.1, -0.05) is 18.2 Å². The summed E-state index contributed by atoms with van der Waals surface area (Å²) in [6.45, 7) is 5.55. The molecule has 3 heteroatoms. The van der Waals surface area contributed by atoms with Crippen LogP contribution in [-0.4, -0.2) is 11.6 Å². The lowest BCUT2D eigenvalue weighted by Crippen LogP contribution is -1.87. The van der Waals surface area contributed by atoms with E-state index in [4.69, 9.17) is 4.74 Å². The summed E-state index contributed by atoms with van der Waals surface area (Å²) in [4.78, 5) is 5.93. The molecule has 0 spiro atoms. The first-order valence-corrected chi connectivity index (χ1v) is 6.96. The summed E-state index contributed by atoms with van der Waals surface area (Å²) in [5.74, 6) is 0. The molecular weight excluding hydrogens is 242 g/mol. The zero-order valence-electron chi connectivity index (χ0n) is 10.6. The second kappa shape index (κ2) is 4.67. The molecule has 0 aliphatic rings. The third kappa shape index (κ3) is 1.89. The van der Waals surface area contributed by atoms with Crippen LogP contribution in [0.1, 0.15) is 17.5 Å². The Hall–Kier alpha value is -1.45. The van der Waals surface area contributed by atoms with Crippen molar-refractivity contribution in [1.29, 1.82) is 0 Å². The Morgan fingerprint density at radius 2 is 2.06 bits per heavy atom. The molecule has 0 fully saturated rings. The monoisotopic (exact) mass is 257 g/mol. The summed E-state index contributed by atoms with van der Waals surface area (Å²) in [5.41, 5.74) is 2.18. The van der Waals surface area contributed by atoms with Crippen molar-refractivity contribution >= 4 is 32.3 Å². The maximum absolute atomic E-state index is 5.49. The third-order valence-electron chi connectivity index (χ3n) is 3.06. The standard InChI is InChI=1S/C15H15NOS/c1-3-17-9-11-8-13-10(2)16-14-7-5-4-6-12(14)15(13)18-11/h4-8H,3,9H2,1-2H3. The minimum atomic E-state index is 0.698. The van der Waals surface area contributed by atoms with Crippen LogP contribution in [0.25, 0.3) is 21.0 Å². The van der Waals surface area contributed by atoms with Gasteiger partial charge in [-0.3, -0.25) is 4.98 Å². The second-order valence-corrected chi connectivity index (χ2v) is 5.44. The third-order valence-corrected chi connectivity index (χ3v) is 4.20. The summed E-state index contributed by atoms with van der Waals surface area (Å²) in [6, 6.07) is 10.5. The van der Waals surface area contributed by atoms with Gasteiger partial charge in [-0.05, 0) is 26.0 Å². The van der Waals surface area contributed by atoms with Crippen LogP contribution in [0.5, 0.6) is 0 Å². The Balaban J connectivity index is 2.24. The number of hydrogen-bond donors (Lipinski definition) is 0. The Morgan fingerprint density at radius 3 is 2.89 bits per heavy atom. The number of nitrogens with zero attached hydrogens (tertiary/aromatic N) is 1. The van der Waals surface area contributed by atoms with Gasteiger partial charge in [0.15, 0.2) is 0 Å². The average molecular weight is 257 g/mol. The lowest BCUT2D eigenvalue weighted by atomic mass is 10.1. The highest BCUT2D eigenvalue weighted by Gasteiger charge is 2.09. The number of ether oxygens (including phenoxy) is 1. The quantitative estimate of drug-likeness (QED) is 0.698. The number of benzene rings is 1. The topological polar surface area (TPSA) is 22.1 Å². The van der Waals surface area contributed by atoms with E-state index in [0.717, 1.165) is 17.8 Å². The maximum atomic E-state index is 5.49. The molecule has 0 aliphatic heterocycles. The highest BCUT2D eigenvalue weighted by Crippen LogP contribution is 2.33. The Bertz CT molecular complexity index is 702. The summed E-state index contributed by atoms with van der Waals surface area (Å²) in [6.07, 6.45) is 0. The number of rotatable bonds is 3. The van der Waals surface area contributed by atoms with Gasteiger partial charge in [0.1, 0.15) is 0 Å². The highest BCUT2D eigenvalue weighted by molar-refractivity contribution is 7.20. The van der Waals surface area contributed by atoms with E-state index in [9.17, 15) is 0 Å². The molecule has 3 rings (SSSR count). The molecule has 0 bridgehead atoms. The number of hydrogen-bond acceptors (Lipinski definition) is 3. The predicted octanol–water partition coefficient (Wildman–Crippen LogP) is 4.29. The smallest absolute Gasteiger partial charge is 0.0809 e. The Labute approximate surface area is 110 Å². The SMILES string of the molecule is CCOCc1cc2c(C)nc3ccccc3c2s1. The lowest BCUT2D eigenvalue weighted by molar-refractivity contribution is 0.136. The van der Waals surface area contributed by atoms with Crippen molar-refractivity contribution in [3.05, 3.63) is 40.9 Å². The van der Waals surface area contributed by atoms with Crippen LogP contribution in [0.4, 0.5) is 0 Å². The van der Waals surface area contributed by atoms with E-state index in [-0.39, 0.29) is 0 Å². The van der Waals surface area contributed by atoms with Gasteiger partial charge in [-0.15, -0.1) is 11.3 Å². The molecule has 2 heterocycles. The van der Waals surface area contributed by atoms with Crippen molar-refractivity contribution in [3.63, 3.8) is 0 Å². The number of fused-ring (bicyclic) bond motifs is 3. The van der Waals surface area contributed by atoms with E-state index in [1.165, 1.54) is 20.3 Å². The molecular formula is C15H15NOS. The van der Waals surface area contributed by atoms with Crippen LogP contribution in [0.2, 0.25) is 0 Å². The minimum absolute atomic E-state index is 0.698. The van der Waals surface area contributed by atoms with Crippen LogP contribution in [0.15, 0.2) is 30.3 Å². The lowest BCUT2D eigenvalue weighted by Gasteiger charge is -2.01. The van der Waals surface area contributed by atoms with Gasteiger partial charge in [0.05, 0.1) is 12.1 Å². The highest BCUT2D eigenvalue weighted by atomic mass is 32.1. The van der Waals surface area contributed by atoms with Crippen LogP contribution in [0, 0.1) is 6.92 Å². The van der Waals surface area contributed by atoms with Gasteiger partial charge in [-0.2, -0.15) is 0 Å². The van der Waals surface area contributed by atoms with E-state index in [1.54, 1.807) is 0 Å². The fourth-order valence-electron chi connectivity index (χ4n) is 2.19. The van der Waals surface area contributed by atoms with Gasteiger partial charge >= 0.3 is 0 Å². The molecule has 0 unspecified atom stereocenters. The van der Waals surface area contributed by atoms with E-state index in [0.29, 0.717) is 6.61 Å². The molecule has 0 N–H and O–H groups in total. The van der Waals surface area contributed by atoms with Crippen molar-refractivity contribution in [1.82, 2.24) is 4.98 Å². The summed E-state index contributed by atoms with van der Waals surface area (Å²) in [5, 5.41) is 2.50. The minimum Gasteiger partial charge on any atom is -0.376 e. The van der Waals surface area contributed by atoms with Gasteiger partial charge in [0.2, 0.25) is 0 Å². The van der Waals surface area contributed by atoms with Gasteiger partial charge in [0, 0.05) is 32.7 Å². The predicted molar refractivity (Wildman–Crippen MR) is 77.2 cm³/mol. The molecule has 0 saturated heterocycles. The first kappa shape index (κ1) is 11.6. The van der Waals surface area contributed by atoms with Crippen LogP contribution < -0.4 is 0 Å². The number of thiophene rings is 1. The van der Waals surface area contributed by atoms with Crippen molar-refractivity contribution in [2.45, 2.75) is 20.5 Å². The fraction of sp³-hybridized carbons (Fsp3) is 0.267. The van der Waals surface area contributed by atoms with Gasteiger partial charge < -0.3 is 4.74 Å². The zero-order valence-corrected chi connectivity index (χ0v) is 11.4. The number of aromatic nitrogens is 1. The first-order chi connectivity index (χ1) is 8.79. The molecule has 0 atom stereocenters. The van der Waals surface area contributed by atoms with Crippen molar-refractivity contribution in [2.75, 3.05) is 6.61 Å². The number of para-hydroxylation sites is 1. The first-order valence-electron chi connectivity index (χ1n) is 6.15. The van der Waals surface area contributed by atoms with Gasteiger partial charge in [0.25, 0.3) is 0 Å². The second-order valence-electron chi connectivity index (χ2n) is 4.31. The molecule has 0 saturated carbocycles. The Morgan fingerprint density at radius 1 is 1.22 bits per heavy atom. The Kier molecular flexibility index (Phi) is 3.02. The summed E-state index contributed by atoms with van der Waals surface area (Å²) in [7, 11) is 0. The summed E-state index contributed by atoms with van der Waals surface area (Å²) >= 11 is 1.82. The van der Waals surface area contributed by atoms with Crippen LogP contribution in [-0.2, 0) is 11.3 Å². The zero-order chi connectivity index (χ0) is 12.5. The molecule has 0 radical (unpaired) electrons. The molecule has 3 aromatic rings. The van der Waals surface area contributed by atoms with Crippen molar-refractivity contribution in [2.24, 2.45) is 0 Å². The molecule has 92 valence electrons.